The van der Waals surface area contributed by atoms with Gasteiger partial charge < -0.3 is 10.3 Å². The number of aryl methyl sites for hydroxylation is 1. The van der Waals surface area contributed by atoms with E-state index in [1.807, 2.05) is 19.1 Å². The fraction of sp³-hybridized carbons (Fsp3) is 0.235. The SMILES string of the molecule is Cc1ccc2c(c1)nc(-c1ccc(N)c(F)c1)n2C(C)C. The van der Waals surface area contributed by atoms with Crippen LogP contribution in [0.5, 0.6) is 0 Å². The Kier molecular flexibility index (Phi) is 3.16. The lowest BCUT2D eigenvalue weighted by atomic mass is 10.1. The minimum absolute atomic E-state index is 0.154. The Labute approximate surface area is 123 Å². The highest BCUT2D eigenvalue weighted by Crippen LogP contribution is 2.30. The van der Waals surface area contributed by atoms with Gasteiger partial charge in [-0.25, -0.2) is 9.37 Å². The molecule has 0 radical (unpaired) electrons. The summed E-state index contributed by atoms with van der Waals surface area (Å²) in [5.74, 6) is 0.357. The van der Waals surface area contributed by atoms with Gasteiger partial charge in [0.15, 0.2) is 0 Å². The zero-order chi connectivity index (χ0) is 15.1. The molecule has 2 N–H and O–H groups in total. The van der Waals surface area contributed by atoms with Gasteiger partial charge in [0.2, 0.25) is 0 Å². The van der Waals surface area contributed by atoms with Crippen molar-refractivity contribution in [2.24, 2.45) is 0 Å². The van der Waals surface area contributed by atoms with Gasteiger partial charge in [-0.2, -0.15) is 0 Å². The van der Waals surface area contributed by atoms with Gasteiger partial charge in [0, 0.05) is 11.6 Å². The Morgan fingerprint density at radius 1 is 1.14 bits per heavy atom. The smallest absolute Gasteiger partial charge is 0.146 e. The minimum Gasteiger partial charge on any atom is -0.396 e. The van der Waals surface area contributed by atoms with Crippen LogP contribution in [0.25, 0.3) is 22.4 Å². The number of halogens is 1. The van der Waals surface area contributed by atoms with Gasteiger partial charge in [-0.15, -0.1) is 0 Å². The van der Waals surface area contributed by atoms with Crippen LogP contribution in [-0.2, 0) is 0 Å². The minimum atomic E-state index is -0.411. The number of nitrogens with zero attached hydrogens (tertiary/aromatic N) is 2. The molecule has 0 atom stereocenters. The summed E-state index contributed by atoms with van der Waals surface area (Å²) in [5, 5.41) is 0. The number of benzene rings is 2. The molecule has 0 amide bonds. The number of fused-ring (bicyclic) bond motifs is 1. The largest absolute Gasteiger partial charge is 0.396 e. The molecule has 3 aromatic rings. The molecule has 0 aliphatic rings. The van der Waals surface area contributed by atoms with Crippen molar-refractivity contribution < 1.29 is 4.39 Å². The molecule has 0 saturated heterocycles. The molecule has 108 valence electrons. The van der Waals surface area contributed by atoms with Crippen LogP contribution in [0.4, 0.5) is 10.1 Å². The van der Waals surface area contributed by atoms with E-state index in [0.717, 1.165) is 28.0 Å². The monoisotopic (exact) mass is 283 g/mol. The number of hydrogen-bond acceptors (Lipinski definition) is 2. The third-order valence-corrected chi connectivity index (χ3v) is 3.62. The number of imidazole rings is 1. The van der Waals surface area contributed by atoms with Crippen LogP contribution in [0.15, 0.2) is 36.4 Å². The zero-order valence-electron chi connectivity index (χ0n) is 12.4. The molecule has 0 bridgehead atoms. The Bertz CT molecular complexity index is 818. The summed E-state index contributed by atoms with van der Waals surface area (Å²) in [6.45, 7) is 6.23. The molecule has 0 spiro atoms. The van der Waals surface area contributed by atoms with E-state index >= 15 is 0 Å². The van der Waals surface area contributed by atoms with Crippen LogP contribution in [0, 0.1) is 12.7 Å². The van der Waals surface area contributed by atoms with E-state index < -0.39 is 5.82 Å². The maximum Gasteiger partial charge on any atom is 0.146 e. The van der Waals surface area contributed by atoms with Crippen molar-refractivity contribution in [2.75, 3.05) is 5.73 Å². The summed E-state index contributed by atoms with van der Waals surface area (Å²) in [7, 11) is 0. The van der Waals surface area contributed by atoms with Crippen LogP contribution >= 0.6 is 0 Å². The maximum atomic E-state index is 13.8. The fourth-order valence-electron chi connectivity index (χ4n) is 2.60. The molecule has 0 saturated carbocycles. The molecule has 1 heterocycles. The quantitative estimate of drug-likeness (QED) is 0.712. The van der Waals surface area contributed by atoms with Crippen molar-refractivity contribution in [1.82, 2.24) is 9.55 Å². The average Bonchev–Trinajstić information content (AvgIpc) is 2.80. The Balaban J connectivity index is 2.30. The van der Waals surface area contributed by atoms with Gasteiger partial charge in [0.1, 0.15) is 11.6 Å². The highest BCUT2D eigenvalue weighted by molar-refractivity contribution is 5.81. The first-order valence-corrected chi connectivity index (χ1v) is 7.01. The summed E-state index contributed by atoms with van der Waals surface area (Å²) in [5.41, 5.74) is 9.60. The first-order valence-electron chi connectivity index (χ1n) is 7.01. The van der Waals surface area contributed by atoms with E-state index in [0.29, 0.717) is 0 Å². The molecule has 0 unspecified atom stereocenters. The van der Waals surface area contributed by atoms with E-state index in [1.165, 1.54) is 6.07 Å². The Morgan fingerprint density at radius 3 is 2.57 bits per heavy atom. The van der Waals surface area contributed by atoms with E-state index in [4.69, 9.17) is 10.7 Å². The predicted molar refractivity (Wildman–Crippen MR) is 84.7 cm³/mol. The third kappa shape index (κ3) is 2.27. The van der Waals surface area contributed by atoms with Crippen LogP contribution in [0.3, 0.4) is 0 Å². The highest BCUT2D eigenvalue weighted by atomic mass is 19.1. The summed E-state index contributed by atoms with van der Waals surface area (Å²) >= 11 is 0. The lowest BCUT2D eigenvalue weighted by molar-refractivity contribution is 0.620. The molecular formula is C17H18FN3. The molecule has 0 aliphatic heterocycles. The van der Waals surface area contributed by atoms with Crippen LogP contribution in [0.2, 0.25) is 0 Å². The van der Waals surface area contributed by atoms with Gasteiger partial charge in [-0.05, 0) is 56.7 Å². The van der Waals surface area contributed by atoms with Crippen molar-refractivity contribution in [3.63, 3.8) is 0 Å². The summed E-state index contributed by atoms with van der Waals surface area (Å²) in [6, 6.07) is 11.2. The van der Waals surface area contributed by atoms with Crippen LogP contribution in [-0.4, -0.2) is 9.55 Å². The van der Waals surface area contributed by atoms with Crippen LogP contribution in [0.1, 0.15) is 25.5 Å². The summed E-state index contributed by atoms with van der Waals surface area (Å²) < 4.78 is 15.9. The van der Waals surface area contributed by atoms with Crippen molar-refractivity contribution in [1.29, 1.82) is 0 Å². The lowest BCUT2D eigenvalue weighted by Crippen LogP contribution is -2.03. The zero-order valence-corrected chi connectivity index (χ0v) is 12.4. The molecule has 1 aromatic heterocycles. The van der Waals surface area contributed by atoms with Crippen molar-refractivity contribution in [2.45, 2.75) is 26.8 Å². The molecule has 0 aliphatic carbocycles. The van der Waals surface area contributed by atoms with Crippen molar-refractivity contribution in [3.8, 4) is 11.4 Å². The number of nitrogens with two attached hydrogens (primary N) is 1. The fourth-order valence-corrected chi connectivity index (χ4v) is 2.60. The first kappa shape index (κ1) is 13.6. The Hall–Kier alpha value is -2.36. The van der Waals surface area contributed by atoms with Crippen LogP contribution < -0.4 is 5.73 Å². The topological polar surface area (TPSA) is 43.8 Å². The number of anilines is 1. The van der Waals surface area contributed by atoms with E-state index in [2.05, 4.69) is 30.5 Å². The summed E-state index contributed by atoms with van der Waals surface area (Å²) in [6.07, 6.45) is 0. The lowest BCUT2D eigenvalue weighted by Gasteiger charge is -2.13. The van der Waals surface area contributed by atoms with Crippen molar-refractivity contribution >= 4 is 16.7 Å². The second-order valence-corrected chi connectivity index (χ2v) is 5.63. The number of aromatic nitrogens is 2. The van der Waals surface area contributed by atoms with Gasteiger partial charge in [-0.1, -0.05) is 6.07 Å². The molecule has 3 rings (SSSR count). The number of rotatable bonds is 2. The van der Waals surface area contributed by atoms with Gasteiger partial charge in [0.25, 0.3) is 0 Å². The average molecular weight is 283 g/mol. The standard InChI is InChI=1S/C17H18FN3/c1-10(2)21-16-7-4-11(3)8-15(16)20-17(21)12-5-6-14(19)13(18)9-12/h4-10H,19H2,1-3H3. The molecule has 2 aromatic carbocycles. The van der Waals surface area contributed by atoms with Gasteiger partial charge >= 0.3 is 0 Å². The van der Waals surface area contributed by atoms with E-state index in [1.54, 1.807) is 6.07 Å². The molecule has 0 fully saturated rings. The third-order valence-electron chi connectivity index (χ3n) is 3.62. The second kappa shape index (κ2) is 4.88. The van der Waals surface area contributed by atoms with Gasteiger partial charge in [0.05, 0.1) is 16.7 Å². The predicted octanol–water partition coefficient (Wildman–Crippen LogP) is 4.31. The molecule has 21 heavy (non-hydrogen) atoms. The Morgan fingerprint density at radius 2 is 1.90 bits per heavy atom. The van der Waals surface area contributed by atoms with E-state index in [9.17, 15) is 4.39 Å². The van der Waals surface area contributed by atoms with E-state index in [-0.39, 0.29) is 11.7 Å². The first-order chi connectivity index (χ1) is 9.97. The second-order valence-electron chi connectivity index (χ2n) is 5.63. The number of nitrogen functional groups attached to an aromatic ring is 1. The van der Waals surface area contributed by atoms with Crippen molar-refractivity contribution in [3.05, 3.63) is 47.8 Å². The number of hydrogen-bond donors (Lipinski definition) is 1. The molecule has 3 nitrogen and oxygen atoms in total. The summed E-state index contributed by atoms with van der Waals surface area (Å²) in [4.78, 5) is 4.69. The normalized spacial score (nSPS) is 11.5. The van der Waals surface area contributed by atoms with Gasteiger partial charge in [-0.3, -0.25) is 0 Å². The molecule has 4 heteroatoms. The highest BCUT2D eigenvalue weighted by Gasteiger charge is 2.15. The maximum absolute atomic E-state index is 13.8. The molecular weight excluding hydrogens is 265 g/mol.